The standard InChI is InChI=1S/C33H32ClN3O/c1-24-10-15-29-28(26-11-13-27(34)14-12-26)6-5-7-30(29)33(24)37-17-16-25(23-37)22-35-18-20-36(21-19-35)31-8-3-4-9-32(31)38-2/h3-17,23H,18-22H2,1-2H3. The summed E-state index contributed by atoms with van der Waals surface area (Å²) in [6.07, 6.45) is 4.50. The molecular weight excluding hydrogens is 490 g/mol. The summed E-state index contributed by atoms with van der Waals surface area (Å²) in [7, 11) is 1.75. The molecule has 4 aromatic carbocycles. The van der Waals surface area contributed by atoms with Gasteiger partial charge in [-0.05, 0) is 64.9 Å². The fraction of sp³-hybridized carbons (Fsp3) is 0.212. The molecule has 1 saturated heterocycles. The van der Waals surface area contributed by atoms with Gasteiger partial charge in [0, 0.05) is 55.5 Å². The molecule has 6 rings (SSSR count). The number of aryl methyl sites for hydroxylation is 1. The predicted molar refractivity (Wildman–Crippen MR) is 159 cm³/mol. The Morgan fingerprint density at radius 1 is 0.789 bits per heavy atom. The largest absolute Gasteiger partial charge is 0.495 e. The number of benzene rings is 4. The normalized spacial score (nSPS) is 14.2. The van der Waals surface area contributed by atoms with E-state index < -0.39 is 0 Å². The van der Waals surface area contributed by atoms with Gasteiger partial charge in [0.15, 0.2) is 0 Å². The Morgan fingerprint density at radius 2 is 1.58 bits per heavy atom. The Balaban J connectivity index is 1.22. The molecule has 0 spiro atoms. The van der Waals surface area contributed by atoms with Gasteiger partial charge >= 0.3 is 0 Å². The number of rotatable bonds is 6. The second kappa shape index (κ2) is 10.6. The van der Waals surface area contributed by atoms with Crippen molar-refractivity contribution in [2.45, 2.75) is 13.5 Å². The maximum absolute atomic E-state index is 6.15. The summed E-state index contributed by atoms with van der Waals surface area (Å²) < 4.78 is 7.88. The number of piperazine rings is 1. The Morgan fingerprint density at radius 3 is 2.37 bits per heavy atom. The van der Waals surface area contributed by atoms with Gasteiger partial charge in [-0.15, -0.1) is 0 Å². The molecule has 0 atom stereocenters. The number of hydrogen-bond acceptors (Lipinski definition) is 3. The maximum atomic E-state index is 6.15. The fourth-order valence-electron chi connectivity index (χ4n) is 5.64. The van der Waals surface area contributed by atoms with Crippen molar-refractivity contribution >= 4 is 28.1 Å². The molecule has 4 nitrogen and oxygen atoms in total. The second-order valence-electron chi connectivity index (χ2n) is 10.0. The Labute approximate surface area is 229 Å². The Bertz CT molecular complexity index is 1570. The van der Waals surface area contributed by atoms with Crippen molar-refractivity contribution in [1.29, 1.82) is 0 Å². The number of ether oxygens (including phenoxy) is 1. The van der Waals surface area contributed by atoms with Crippen LogP contribution in [0.15, 0.2) is 97.3 Å². The highest BCUT2D eigenvalue weighted by atomic mass is 35.5. The van der Waals surface area contributed by atoms with E-state index in [0.717, 1.165) is 43.5 Å². The van der Waals surface area contributed by atoms with Crippen LogP contribution in [0, 0.1) is 6.92 Å². The molecular formula is C33H32ClN3O. The van der Waals surface area contributed by atoms with Crippen LogP contribution in [0.3, 0.4) is 0 Å². The van der Waals surface area contributed by atoms with Gasteiger partial charge in [-0.3, -0.25) is 4.90 Å². The van der Waals surface area contributed by atoms with Gasteiger partial charge in [-0.1, -0.05) is 66.2 Å². The molecule has 5 heteroatoms. The van der Waals surface area contributed by atoms with Gasteiger partial charge in [-0.25, -0.2) is 0 Å². The van der Waals surface area contributed by atoms with E-state index in [-0.39, 0.29) is 0 Å². The zero-order valence-electron chi connectivity index (χ0n) is 21.9. The van der Waals surface area contributed by atoms with Crippen molar-refractivity contribution in [1.82, 2.24) is 9.47 Å². The highest BCUT2D eigenvalue weighted by molar-refractivity contribution is 6.30. The van der Waals surface area contributed by atoms with Crippen LogP contribution in [0.5, 0.6) is 5.75 Å². The first-order valence-electron chi connectivity index (χ1n) is 13.2. The molecule has 0 saturated carbocycles. The number of halogens is 1. The molecule has 38 heavy (non-hydrogen) atoms. The third kappa shape index (κ3) is 4.78. The minimum atomic E-state index is 0.756. The predicted octanol–water partition coefficient (Wildman–Crippen LogP) is 7.59. The molecule has 5 aromatic rings. The molecule has 2 heterocycles. The minimum Gasteiger partial charge on any atom is -0.495 e. The van der Waals surface area contributed by atoms with Crippen LogP contribution in [-0.4, -0.2) is 42.8 Å². The van der Waals surface area contributed by atoms with Crippen LogP contribution in [0.25, 0.3) is 27.6 Å². The van der Waals surface area contributed by atoms with Crippen molar-refractivity contribution in [3.05, 3.63) is 113 Å². The molecule has 1 aliphatic heterocycles. The molecule has 0 N–H and O–H groups in total. The summed E-state index contributed by atoms with van der Waals surface area (Å²) in [6, 6.07) is 29.7. The molecule has 0 radical (unpaired) electrons. The lowest BCUT2D eigenvalue weighted by molar-refractivity contribution is 0.249. The van der Waals surface area contributed by atoms with E-state index in [4.69, 9.17) is 16.3 Å². The zero-order valence-corrected chi connectivity index (χ0v) is 22.7. The molecule has 0 aliphatic carbocycles. The van der Waals surface area contributed by atoms with E-state index >= 15 is 0 Å². The van der Waals surface area contributed by atoms with Gasteiger partial charge in [0.2, 0.25) is 0 Å². The summed E-state index contributed by atoms with van der Waals surface area (Å²) in [5.74, 6) is 0.947. The van der Waals surface area contributed by atoms with Gasteiger partial charge < -0.3 is 14.2 Å². The molecule has 0 bridgehead atoms. The van der Waals surface area contributed by atoms with Crippen LogP contribution in [0.4, 0.5) is 5.69 Å². The average molecular weight is 522 g/mol. The van der Waals surface area contributed by atoms with Gasteiger partial charge in [0.05, 0.1) is 18.5 Å². The van der Waals surface area contributed by atoms with E-state index in [0.29, 0.717) is 0 Å². The first-order chi connectivity index (χ1) is 18.6. The topological polar surface area (TPSA) is 20.6 Å². The number of anilines is 1. The monoisotopic (exact) mass is 521 g/mol. The lowest BCUT2D eigenvalue weighted by Gasteiger charge is -2.36. The molecule has 0 amide bonds. The zero-order chi connectivity index (χ0) is 26.1. The number of fused-ring (bicyclic) bond motifs is 1. The Hall–Kier alpha value is -3.73. The second-order valence-corrected chi connectivity index (χ2v) is 10.4. The van der Waals surface area contributed by atoms with E-state index in [1.165, 1.54) is 44.4 Å². The lowest BCUT2D eigenvalue weighted by Crippen LogP contribution is -2.46. The van der Waals surface area contributed by atoms with Crippen LogP contribution < -0.4 is 9.64 Å². The van der Waals surface area contributed by atoms with Crippen molar-refractivity contribution in [3.8, 4) is 22.6 Å². The number of hydrogen-bond donors (Lipinski definition) is 0. The van der Waals surface area contributed by atoms with Crippen LogP contribution in [0.1, 0.15) is 11.1 Å². The quantitative estimate of drug-likeness (QED) is 0.229. The number of aromatic nitrogens is 1. The van der Waals surface area contributed by atoms with E-state index in [1.54, 1.807) is 7.11 Å². The average Bonchev–Trinajstić information content (AvgIpc) is 3.41. The summed E-state index contributed by atoms with van der Waals surface area (Å²) >= 11 is 6.15. The highest BCUT2D eigenvalue weighted by Crippen LogP contribution is 2.34. The fourth-order valence-corrected chi connectivity index (χ4v) is 5.77. The first-order valence-corrected chi connectivity index (χ1v) is 13.5. The molecule has 0 unspecified atom stereocenters. The van der Waals surface area contributed by atoms with Crippen LogP contribution in [-0.2, 0) is 6.54 Å². The summed E-state index contributed by atoms with van der Waals surface area (Å²) in [5.41, 5.74) is 7.42. The number of nitrogens with zero attached hydrogens (tertiary/aromatic N) is 3. The van der Waals surface area contributed by atoms with E-state index in [2.05, 4.69) is 94.3 Å². The van der Waals surface area contributed by atoms with E-state index in [1.807, 2.05) is 24.3 Å². The Kier molecular flexibility index (Phi) is 6.84. The minimum absolute atomic E-state index is 0.756. The molecule has 1 fully saturated rings. The summed E-state index contributed by atoms with van der Waals surface area (Å²) in [4.78, 5) is 4.97. The number of methoxy groups -OCH3 is 1. The first kappa shape index (κ1) is 24.6. The SMILES string of the molecule is COc1ccccc1N1CCN(Cc2ccn(-c3c(C)ccc4c(-c5ccc(Cl)cc5)cccc34)c2)CC1. The van der Waals surface area contributed by atoms with Crippen molar-refractivity contribution in [2.75, 3.05) is 38.2 Å². The summed E-state index contributed by atoms with van der Waals surface area (Å²) in [6.45, 7) is 7.20. The van der Waals surface area contributed by atoms with Crippen molar-refractivity contribution in [2.24, 2.45) is 0 Å². The summed E-state index contributed by atoms with van der Waals surface area (Å²) in [5, 5.41) is 3.26. The molecule has 192 valence electrons. The van der Waals surface area contributed by atoms with Crippen molar-refractivity contribution < 1.29 is 4.74 Å². The van der Waals surface area contributed by atoms with Crippen LogP contribution >= 0.6 is 11.6 Å². The van der Waals surface area contributed by atoms with Gasteiger partial charge in [0.1, 0.15) is 5.75 Å². The maximum Gasteiger partial charge on any atom is 0.142 e. The van der Waals surface area contributed by atoms with Crippen LogP contribution in [0.2, 0.25) is 5.02 Å². The molecule has 1 aliphatic rings. The molecule has 1 aromatic heterocycles. The number of para-hydroxylation sites is 2. The van der Waals surface area contributed by atoms with E-state index in [9.17, 15) is 0 Å². The smallest absolute Gasteiger partial charge is 0.142 e. The lowest BCUT2D eigenvalue weighted by atomic mass is 9.96. The highest BCUT2D eigenvalue weighted by Gasteiger charge is 2.20. The third-order valence-corrected chi connectivity index (χ3v) is 7.86. The van der Waals surface area contributed by atoms with Crippen molar-refractivity contribution in [3.63, 3.8) is 0 Å². The van der Waals surface area contributed by atoms with Gasteiger partial charge in [-0.2, -0.15) is 0 Å². The van der Waals surface area contributed by atoms with Gasteiger partial charge in [0.25, 0.3) is 0 Å². The third-order valence-electron chi connectivity index (χ3n) is 7.61.